The van der Waals surface area contributed by atoms with E-state index < -0.39 is 12.7 Å². The molecule has 1 aromatic heterocycles. The number of rotatable bonds is 3. The molecule has 0 radical (unpaired) electrons. The van der Waals surface area contributed by atoms with Gasteiger partial charge in [-0.3, -0.25) is 4.90 Å². The van der Waals surface area contributed by atoms with Gasteiger partial charge in [-0.1, -0.05) is 13.8 Å². The molecular weight excluding hydrogens is 255 g/mol. The first-order valence-electron chi connectivity index (χ1n) is 6.56. The fourth-order valence-electron chi connectivity index (χ4n) is 3.37. The highest BCUT2D eigenvalue weighted by atomic mass is 19.4. The van der Waals surface area contributed by atoms with Crippen molar-refractivity contribution in [1.29, 1.82) is 0 Å². The van der Waals surface area contributed by atoms with Crippen LogP contribution in [0.4, 0.5) is 13.2 Å². The van der Waals surface area contributed by atoms with Crippen LogP contribution in [0.1, 0.15) is 19.7 Å². The lowest BCUT2D eigenvalue weighted by Crippen LogP contribution is -2.28. The lowest BCUT2D eigenvalue weighted by Gasteiger charge is -2.22. The van der Waals surface area contributed by atoms with Crippen LogP contribution in [0.3, 0.4) is 0 Å². The van der Waals surface area contributed by atoms with E-state index in [2.05, 4.69) is 23.7 Å². The van der Waals surface area contributed by atoms with Crippen molar-refractivity contribution in [3.05, 3.63) is 18.2 Å². The predicted octanol–water partition coefficient (Wildman–Crippen LogP) is 2.53. The summed E-state index contributed by atoms with van der Waals surface area (Å²) in [6.45, 7) is 6.07. The number of likely N-dealkylation sites (tertiary alicyclic amines) is 1. The molecule has 3 rings (SSSR count). The van der Waals surface area contributed by atoms with Crippen molar-refractivity contribution >= 4 is 0 Å². The number of piperidine rings is 1. The van der Waals surface area contributed by atoms with E-state index in [-0.39, 0.29) is 0 Å². The summed E-state index contributed by atoms with van der Waals surface area (Å²) in [6.07, 6.45) is -1.34. The lowest BCUT2D eigenvalue weighted by atomic mass is 10.1. The molecule has 0 bridgehead atoms. The van der Waals surface area contributed by atoms with Crippen LogP contribution in [0, 0.1) is 17.3 Å². The monoisotopic (exact) mass is 273 g/mol. The van der Waals surface area contributed by atoms with Crippen LogP contribution in [-0.4, -0.2) is 33.7 Å². The molecule has 0 spiro atoms. The SMILES string of the molecule is CC1(C)[C@@H]2CN(Cc3nccn3CC(F)(F)F)C[C@@H]21. The molecule has 2 aliphatic rings. The zero-order valence-electron chi connectivity index (χ0n) is 11.1. The van der Waals surface area contributed by atoms with Gasteiger partial charge in [0.2, 0.25) is 0 Å². The van der Waals surface area contributed by atoms with Crippen molar-refractivity contribution in [2.45, 2.75) is 33.1 Å². The third-order valence-corrected chi connectivity index (χ3v) is 4.71. The Morgan fingerprint density at radius 2 is 1.95 bits per heavy atom. The Bertz CT molecular complexity index is 464. The average Bonchev–Trinajstić information content (AvgIpc) is 2.72. The van der Waals surface area contributed by atoms with Crippen LogP contribution in [-0.2, 0) is 13.1 Å². The van der Waals surface area contributed by atoms with Crippen molar-refractivity contribution in [3.8, 4) is 0 Å². The zero-order valence-corrected chi connectivity index (χ0v) is 11.1. The number of imidazole rings is 1. The molecule has 19 heavy (non-hydrogen) atoms. The fourth-order valence-corrected chi connectivity index (χ4v) is 3.37. The molecule has 1 saturated carbocycles. The summed E-state index contributed by atoms with van der Waals surface area (Å²) >= 11 is 0. The Morgan fingerprint density at radius 1 is 1.32 bits per heavy atom. The standard InChI is InChI=1S/C13H18F3N3/c1-12(2)9-5-18(6-10(9)12)7-11-17-3-4-19(11)8-13(14,15)16/h3-4,9-10H,5-8H2,1-2H3/t9-,10+. The molecule has 0 unspecified atom stereocenters. The lowest BCUT2D eigenvalue weighted by molar-refractivity contribution is -0.141. The van der Waals surface area contributed by atoms with Crippen molar-refractivity contribution in [2.24, 2.45) is 17.3 Å². The summed E-state index contributed by atoms with van der Waals surface area (Å²) in [5.41, 5.74) is 0.428. The van der Waals surface area contributed by atoms with Gasteiger partial charge in [0.1, 0.15) is 12.4 Å². The van der Waals surface area contributed by atoms with E-state index in [1.807, 2.05) is 0 Å². The topological polar surface area (TPSA) is 21.1 Å². The second kappa shape index (κ2) is 3.98. The number of nitrogens with zero attached hydrogens (tertiary/aromatic N) is 3. The minimum Gasteiger partial charge on any atom is -0.325 e. The molecular formula is C13H18F3N3. The molecule has 106 valence electrons. The Kier molecular flexibility index (Phi) is 2.71. The minimum absolute atomic E-state index is 0.428. The number of halogens is 3. The predicted molar refractivity (Wildman–Crippen MR) is 64.3 cm³/mol. The van der Waals surface area contributed by atoms with Crippen LogP contribution in [0.25, 0.3) is 0 Å². The Morgan fingerprint density at radius 3 is 2.53 bits per heavy atom. The maximum atomic E-state index is 12.4. The zero-order chi connectivity index (χ0) is 13.8. The smallest absolute Gasteiger partial charge is 0.325 e. The molecule has 0 amide bonds. The normalized spacial score (nSPS) is 29.5. The molecule has 1 aliphatic heterocycles. The van der Waals surface area contributed by atoms with Gasteiger partial charge in [0.25, 0.3) is 0 Å². The molecule has 1 saturated heterocycles. The first kappa shape index (κ1) is 13.0. The van der Waals surface area contributed by atoms with Gasteiger partial charge in [-0.2, -0.15) is 13.2 Å². The van der Waals surface area contributed by atoms with Gasteiger partial charge >= 0.3 is 6.18 Å². The number of alkyl halides is 3. The van der Waals surface area contributed by atoms with Gasteiger partial charge in [-0.25, -0.2) is 4.98 Å². The van der Waals surface area contributed by atoms with Gasteiger partial charge in [0, 0.05) is 25.5 Å². The Balaban J connectivity index is 1.61. The maximum Gasteiger partial charge on any atom is 0.406 e. The van der Waals surface area contributed by atoms with Crippen molar-refractivity contribution in [3.63, 3.8) is 0 Å². The van der Waals surface area contributed by atoms with E-state index in [9.17, 15) is 13.2 Å². The van der Waals surface area contributed by atoms with Crippen LogP contribution in [0.5, 0.6) is 0 Å². The molecule has 0 aromatic carbocycles. The van der Waals surface area contributed by atoms with Crippen molar-refractivity contribution in [1.82, 2.24) is 14.5 Å². The molecule has 2 fully saturated rings. The quantitative estimate of drug-likeness (QED) is 0.844. The van der Waals surface area contributed by atoms with Gasteiger partial charge in [0.05, 0.1) is 6.54 Å². The second-order valence-corrected chi connectivity index (χ2v) is 6.31. The fraction of sp³-hybridized carbons (Fsp3) is 0.769. The molecule has 1 aromatic rings. The summed E-state index contributed by atoms with van der Waals surface area (Å²) in [6, 6.07) is 0. The summed E-state index contributed by atoms with van der Waals surface area (Å²) in [5.74, 6) is 1.92. The highest BCUT2D eigenvalue weighted by Crippen LogP contribution is 2.62. The molecule has 0 N–H and O–H groups in total. The van der Waals surface area contributed by atoms with Crippen molar-refractivity contribution < 1.29 is 13.2 Å². The highest BCUT2D eigenvalue weighted by molar-refractivity contribution is 5.12. The maximum absolute atomic E-state index is 12.4. The summed E-state index contributed by atoms with van der Waals surface area (Å²) in [7, 11) is 0. The van der Waals surface area contributed by atoms with Gasteiger partial charge in [0.15, 0.2) is 0 Å². The largest absolute Gasteiger partial charge is 0.406 e. The van der Waals surface area contributed by atoms with E-state index in [0.717, 1.165) is 13.1 Å². The molecule has 2 atom stereocenters. The van der Waals surface area contributed by atoms with Crippen LogP contribution >= 0.6 is 0 Å². The van der Waals surface area contributed by atoms with E-state index >= 15 is 0 Å². The molecule has 1 aliphatic carbocycles. The Hall–Kier alpha value is -1.04. The highest BCUT2D eigenvalue weighted by Gasteiger charge is 2.61. The van der Waals surface area contributed by atoms with Crippen LogP contribution in [0.2, 0.25) is 0 Å². The summed E-state index contributed by atoms with van der Waals surface area (Å²) < 4.78 is 38.5. The summed E-state index contributed by atoms with van der Waals surface area (Å²) in [4.78, 5) is 6.28. The van der Waals surface area contributed by atoms with E-state index in [1.165, 1.54) is 17.0 Å². The van der Waals surface area contributed by atoms with Crippen LogP contribution in [0.15, 0.2) is 12.4 Å². The first-order chi connectivity index (χ1) is 8.77. The third-order valence-electron chi connectivity index (χ3n) is 4.71. The number of hydrogen-bond donors (Lipinski definition) is 0. The molecule has 6 heteroatoms. The number of fused-ring (bicyclic) bond motifs is 1. The first-order valence-corrected chi connectivity index (χ1v) is 6.56. The van der Waals surface area contributed by atoms with Gasteiger partial charge in [-0.15, -0.1) is 0 Å². The average molecular weight is 273 g/mol. The third kappa shape index (κ3) is 2.38. The number of aromatic nitrogens is 2. The minimum atomic E-state index is -4.19. The van der Waals surface area contributed by atoms with Crippen molar-refractivity contribution in [2.75, 3.05) is 13.1 Å². The van der Waals surface area contributed by atoms with E-state index in [1.54, 1.807) is 0 Å². The van der Waals surface area contributed by atoms with Crippen LogP contribution < -0.4 is 0 Å². The van der Waals surface area contributed by atoms with E-state index in [4.69, 9.17) is 0 Å². The van der Waals surface area contributed by atoms with Gasteiger partial charge in [-0.05, 0) is 17.3 Å². The van der Waals surface area contributed by atoms with Gasteiger partial charge < -0.3 is 4.57 Å². The molecule has 2 heterocycles. The second-order valence-electron chi connectivity index (χ2n) is 6.31. The summed E-state index contributed by atoms with van der Waals surface area (Å²) in [5, 5.41) is 0. The number of hydrogen-bond acceptors (Lipinski definition) is 2. The molecule has 3 nitrogen and oxygen atoms in total. The van der Waals surface area contributed by atoms with E-state index in [0.29, 0.717) is 29.6 Å². The Labute approximate surface area is 110 Å².